The first-order valence-electron chi connectivity index (χ1n) is 6.67. The summed E-state index contributed by atoms with van der Waals surface area (Å²) in [7, 11) is 0. The Morgan fingerprint density at radius 1 is 1.14 bits per heavy atom. The standard InChI is InChI=1S/C16H15Cl2NO3/c1-2-21-14(20)9-10-5-3-8-13(16(10)19)22-12-7-4-6-11(17)15(12)18/h3-8H,2,9,19H2,1H3. The van der Waals surface area contributed by atoms with Crippen LogP contribution in [0.1, 0.15) is 12.5 Å². The van der Waals surface area contributed by atoms with Crippen molar-refractivity contribution in [3.8, 4) is 11.5 Å². The lowest BCUT2D eigenvalue weighted by Gasteiger charge is -2.13. The SMILES string of the molecule is CCOC(=O)Cc1cccc(Oc2cccc(Cl)c2Cl)c1N. The third-order valence-electron chi connectivity index (χ3n) is 2.93. The number of rotatable bonds is 5. The number of carbonyl (C=O) groups is 1. The molecule has 0 aromatic heterocycles. The van der Waals surface area contributed by atoms with Crippen LogP contribution in [-0.4, -0.2) is 12.6 Å². The lowest BCUT2D eigenvalue weighted by molar-refractivity contribution is -0.142. The molecule has 2 aromatic rings. The van der Waals surface area contributed by atoms with Gasteiger partial charge in [-0.05, 0) is 30.7 Å². The molecule has 0 aliphatic carbocycles. The van der Waals surface area contributed by atoms with Gasteiger partial charge in [0.2, 0.25) is 0 Å². The molecule has 0 saturated heterocycles. The second-order valence-electron chi connectivity index (χ2n) is 4.46. The van der Waals surface area contributed by atoms with Crippen LogP contribution in [0.15, 0.2) is 36.4 Å². The summed E-state index contributed by atoms with van der Waals surface area (Å²) < 4.78 is 10.6. The van der Waals surface area contributed by atoms with Crippen LogP contribution in [0.4, 0.5) is 5.69 Å². The molecule has 6 heteroatoms. The van der Waals surface area contributed by atoms with Crippen molar-refractivity contribution in [3.05, 3.63) is 52.0 Å². The molecule has 0 aliphatic rings. The van der Waals surface area contributed by atoms with E-state index in [1.165, 1.54) is 0 Å². The van der Waals surface area contributed by atoms with E-state index >= 15 is 0 Å². The summed E-state index contributed by atoms with van der Waals surface area (Å²) in [6.45, 7) is 2.08. The van der Waals surface area contributed by atoms with Gasteiger partial charge in [-0.1, -0.05) is 41.4 Å². The molecule has 4 nitrogen and oxygen atoms in total. The molecule has 0 radical (unpaired) electrons. The van der Waals surface area contributed by atoms with Gasteiger partial charge in [0.1, 0.15) is 10.8 Å². The first kappa shape index (κ1) is 16.5. The molecule has 0 aliphatic heterocycles. The summed E-state index contributed by atoms with van der Waals surface area (Å²) in [5.74, 6) is 0.465. The summed E-state index contributed by atoms with van der Waals surface area (Å²) in [6, 6.07) is 10.3. The largest absolute Gasteiger partial charge is 0.466 e. The number of nitrogens with two attached hydrogens (primary N) is 1. The Bertz CT molecular complexity index is 689. The third-order valence-corrected chi connectivity index (χ3v) is 3.73. The van der Waals surface area contributed by atoms with Gasteiger partial charge in [0.25, 0.3) is 0 Å². The Labute approximate surface area is 138 Å². The van der Waals surface area contributed by atoms with Gasteiger partial charge in [0, 0.05) is 0 Å². The molecule has 0 heterocycles. The fourth-order valence-electron chi connectivity index (χ4n) is 1.88. The van der Waals surface area contributed by atoms with E-state index in [0.717, 1.165) is 0 Å². The summed E-state index contributed by atoms with van der Waals surface area (Å²) in [6.07, 6.45) is 0.0835. The van der Waals surface area contributed by atoms with Crippen LogP contribution in [0, 0.1) is 0 Å². The van der Waals surface area contributed by atoms with E-state index in [4.69, 9.17) is 38.4 Å². The Hall–Kier alpha value is -1.91. The highest BCUT2D eigenvalue weighted by Crippen LogP contribution is 2.37. The highest BCUT2D eigenvalue weighted by molar-refractivity contribution is 6.42. The predicted octanol–water partition coefficient (Wildman–Crippen LogP) is 4.47. The van der Waals surface area contributed by atoms with Crippen molar-refractivity contribution in [2.24, 2.45) is 0 Å². The number of carbonyl (C=O) groups excluding carboxylic acids is 1. The van der Waals surface area contributed by atoms with E-state index in [0.29, 0.717) is 39.4 Å². The molecule has 0 spiro atoms. The third kappa shape index (κ3) is 3.84. The van der Waals surface area contributed by atoms with Crippen LogP contribution >= 0.6 is 23.2 Å². The minimum absolute atomic E-state index is 0.0835. The van der Waals surface area contributed by atoms with E-state index in [2.05, 4.69) is 0 Å². The van der Waals surface area contributed by atoms with Gasteiger partial charge >= 0.3 is 5.97 Å². The number of hydrogen-bond acceptors (Lipinski definition) is 4. The van der Waals surface area contributed by atoms with Crippen LogP contribution < -0.4 is 10.5 Å². The zero-order valence-corrected chi connectivity index (χ0v) is 13.4. The van der Waals surface area contributed by atoms with E-state index < -0.39 is 0 Å². The minimum Gasteiger partial charge on any atom is -0.466 e. The van der Waals surface area contributed by atoms with Crippen LogP contribution in [-0.2, 0) is 16.0 Å². The van der Waals surface area contributed by atoms with E-state index in [1.54, 1.807) is 43.3 Å². The summed E-state index contributed by atoms with van der Waals surface area (Å²) in [5.41, 5.74) is 7.06. The molecule has 0 bridgehead atoms. The van der Waals surface area contributed by atoms with Crippen molar-refractivity contribution in [1.82, 2.24) is 0 Å². The smallest absolute Gasteiger partial charge is 0.310 e. The Morgan fingerprint density at radius 2 is 1.82 bits per heavy atom. The zero-order valence-electron chi connectivity index (χ0n) is 11.9. The maximum Gasteiger partial charge on any atom is 0.310 e. The molecule has 0 atom stereocenters. The Morgan fingerprint density at radius 3 is 2.55 bits per heavy atom. The monoisotopic (exact) mass is 339 g/mol. The number of esters is 1. The number of ether oxygens (including phenoxy) is 2. The van der Waals surface area contributed by atoms with E-state index in [1.807, 2.05) is 0 Å². The molecule has 116 valence electrons. The lowest BCUT2D eigenvalue weighted by atomic mass is 10.1. The first-order chi connectivity index (χ1) is 10.5. The number of hydrogen-bond donors (Lipinski definition) is 1. The van der Waals surface area contributed by atoms with Gasteiger partial charge in [-0.25, -0.2) is 0 Å². The molecule has 0 unspecified atom stereocenters. The van der Waals surface area contributed by atoms with Gasteiger partial charge in [-0.3, -0.25) is 4.79 Å². The van der Waals surface area contributed by atoms with Crippen molar-refractivity contribution >= 4 is 34.9 Å². The Balaban J connectivity index is 2.25. The molecule has 0 fully saturated rings. The average Bonchev–Trinajstić information content (AvgIpc) is 2.48. The highest BCUT2D eigenvalue weighted by Gasteiger charge is 2.13. The normalized spacial score (nSPS) is 10.3. The Kier molecular flexibility index (Phi) is 5.52. The van der Waals surface area contributed by atoms with Gasteiger partial charge in [0.05, 0.1) is 23.7 Å². The lowest BCUT2D eigenvalue weighted by Crippen LogP contribution is -2.09. The van der Waals surface area contributed by atoms with Gasteiger partial charge in [-0.2, -0.15) is 0 Å². The summed E-state index contributed by atoms with van der Waals surface area (Å²) in [4.78, 5) is 11.6. The van der Waals surface area contributed by atoms with Gasteiger partial charge < -0.3 is 15.2 Å². The average molecular weight is 340 g/mol. The molecule has 0 amide bonds. The highest BCUT2D eigenvalue weighted by atomic mass is 35.5. The molecule has 22 heavy (non-hydrogen) atoms. The second-order valence-corrected chi connectivity index (χ2v) is 5.25. The van der Waals surface area contributed by atoms with E-state index in [9.17, 15) is 4.79 Å². The van der Waals surface area contributed by atoms with Crippen LogP contribution in [0.5, 0.6) is 11.5 Å². The number of anilines is 1. The van der Waals surface area contributed by atoms with Gasteiger partial charge in [-0.15, -0.1) is 0 Å². The second kappa shape index (κ2) is 7.38. The number of halogens is 2. The van der Waals surface area contributed by atoms with E-state index in [-0.39, 0.29) is 12.4 Å². The predicted molar refractivity (Wildman–Crippen MR) is 87.7 cm³/mol. The quantitative estimate of drug-likeness (QED) is 0.644. The molecule has 2 rings (SSSR count). The molecule has 2 N–H and O–H groups in total. The van der Waals surface area contributed by atoms with Crippen LogP contribution in [0.3, 0.4) is 0 Å². The van der Waals surface area contributed by atoms with Crippen LogP contribution in [0.2, 0.25) is 10.0 Å². The fraction of sp³-hybridized carbons (Fsp3) is 0.188. The van der Waals surface area contributed by atoms with Crippen molar-refractivity contribution in [3.63, 3.8) is 0 Å². The topological polar surface area (TPSA) is 61.5 Å². The van der Waals surface area contributed by atoms with Crippen molar-refractivity contribution in [1.29, 1.82) is 0 Å². The number of benzene rings is 2. The van der Waals surface area contributed by atoms with Crippen molar-refractivity contribution < 1.29 is 14.3 Å². The summed E-state index contributed by atoms with van der Waals surface area (Å²) in [5, 5.41) is 0.694. The maximum absolute atomic E-state index is 11.6. The fourth-order valence-corrected chi connectivity index (χ4v) is 2.21. The molecule has 0 saturated carbocycles. The zero-order chi connectivity index (χ0) is 16.1. The minimum atomic E-state index is -0.341. The summed E-state index contributed by atoms with van der Waals surface area (Å²) >= 11 is 12.0. The van der Waals surface area contributed by atoms with Gasteiger partial charge in [0.15, 0.2) is 5.75 Å². The molecular formula is C16H15Cl2NO3. The molecular weight excluding hydrogens is 325 g/mol. The number of para-hydroxylation sites is 1. The van der Waals surface area contributed by atoms with Crippen molar-refractivity contribution in [2.45, 2.75) is 13.3 Å². The number of nitrogen functional groups attached to an aromatic ring is 1. The first-order valence-corrected chi connectivity index (χ1v) is 7.43. The maximum atomic E-state index is 11.6. The van der Waals surface area contributed by atoms with Crippen LogP contribution in [0.25, 0.3) is 0 Å². The molecule has 2 aromatic carbocycles. The van der Waals surface area contributed by atoms with Crippen molar-refractivity contribution in [2.75, 3.05) is 12.3 Å².